The molecule has 0 heterocycles. The van der Waals surface area contributed by atoms with E-state index in [1.54, 1.807) is 5.82 Å². The van der Waals surface area contributed by atoms with Gasteiger partial charge in [0.25, 0.3) is 7.52 Å². The molecule has 0 bridgehead atoms. The van der Waals surface area contributed by atoms with Crippen molar-refractivity contribution in [1.29, 1.82) is 0 Å². The maximum Gasteiger partial charge on any atom is 0.295 e. The van der Waals surface area contributed by atoms with Gasteiger partial charge in [0.1, 0.15) is 0 Å². The van der Waals surface area contributed by atoms with E-state index in [1.807, 2.05) is 61.8 Å². The van der Waals surface area contributed by atoms with Crippen LogP contribution in [0.3, 0.4) is 0 Å². The van der Waals surface area contributed by atoms with Gasteiger partial charge in [-0.15, -0.1) is 0 Å². The van der Waals surface area contributed by atoms with Crippen LogP contribution in [0.1, 0.15) is 31.9 Å². The van der Waals surface area contributed by atoms with Crippen molar-refractivity contribution >= 4 is 7.52 Å². The van der Waals surface area contributed by atoms with Crippen molar-refractivity contribution in [3.8, 4) is 0 Å². The van der Waals surface area contributed by atoms with E-state index in [-0.39, 0.29) is 0 Å². The van der Waals surface area contributed by atoms with Crippen molar-refractivity contribution in [3.05, 3.63) is 83.2 Å². The highest BCUT2D eigenvalue weighted by Gasteiger charge is 2.29. The van der Waals surface area contributed by atoms with Gasteiger partial charge in [-0.2, -0.15) is 0 Å². The molecular formula is C20H26NO2P. The minimum Gasteiger partial charge on any atom is -0.315 e. The Hall–Kier alpha value is -1.67. The Morgan fingerprint density at radius 1 is 0.958 bits per heavy atom. The molecule has 0 N–H and O–H groups in total. The van der Waals surface area contributed by atoms with Crippen molar-refractivity contribution in [1.82, 2.24) is 4.67 Å². The SMILES string of the molecule is CCOP(=O)(C=C(C)C)N(Cc1ccccc1)Cc1ccccc1. The molecule has 0 fully saturated rings. The number of rotatable bonds is 8. The maximum absolute atomic E-state index is 13.6. The van der Waals surface area contributed by atoms with Crippen molar-refractivity contribution in [2.75, 3.05) is 6.61 Å². The van der Waals surface area contributed by atoms with Gasteiger partial charge in [0.15, 0.2) is 0 Å². The predicted octanol–water partition coefficient (Wildman–Crippen LogP) is 5.84. The largest absolute Gasteiger partial charge is 0.315 e. The molecule has 0 aromatic heterocycles. The number of benzene rings is 2. The maximum atomic E-state index is 13.6. The summed E-state index contributed by atoms with van der Waals surface area (Å²) in [5, 5.41) is 0. The third kappa shape index (κ3) is 5.45. The quantitative estimate of drug-likeness (QED) is 0.564. The molecular weight excluding hydrogens is 317 g/mol. The second kappa shape index (κ2) is 8.98. The lowest BCUT2D eigenvalue weighted by atomic mass is 10.2. The number of allylic oxidation sites excluding steroid dienone is 1. The molecule has 0 amide bonds. The van der Waals surface area contributed by atoms with Crippen LogP contribution in [0.4, 0.5) is 0 Å². The molecule has 0 aliphatic rings. The zero-order valence-corrected chi connectivity index (χ0v) is 15.6. The molecule has 0 saturated carbocycles. The molecule has 1 unspecified atom stereocenters. The zero-order valence-electron chi connectivity index (χ0n) is 14.7. The highest BCUT2D eigenvalue weighted by atomic mass is 31.2. The number of hydrogen-bond acceptors (Lipinski definition) is 2. The lowest BCUT2D eigenvalue weighted by molar-refractivity contribution is 0.271. The van der Waals surface area contributed by atoms with Crippen molar-refractivity contribution in [2.45, 2.75) is 33.9 Å². The summed E-state index contributed by atoms with van der Waals surface area (Å²) in [7, 11) is -3.05. The van der Waals surface area contributed by atoms with Crippen molar-refractivity contribution in [3.63, 3.8) is 0 Å². The van der Waals surface area contributed by atoms with Crippen molar-refractivity contribution < 1.29 is 9.09 Å². The van der Waals surface area contributed by atoms with E-state index in [0.717, 1.165) is 16.7 Å². The van der Waals surface area contributed by atoms with Gasteiger partial charge < -0.3 is 4.52 Å². The molecule has 3 nitrogen and oxygen atoms in total. The van der Waals surface area contributed by atoms with Crippen LogP contribution in [-0.2, 0) is 22.2 Å². The van der Waals surface area contributed by atoms with Gasteiger partial charge in [0.2, 0.25) is 0 Å². The molecule has 2 aromatic carbocycles. The van der Waals surface area contributed by atoms with Gasteiger partial charge in [-0.3, -0.25) is 4.57 Å². The van der Waals surface area contributed by atoms with Gasteiger partial charge >= 0.3 is 0 Å². The van der Waals surface area contributed by atoms with Gasteiger partial charge in [-0.25, -0.2) is 4.67 Å². The van der Waals surface area contributed by atoms with Crippen LogP contribution >= 0.6 is 7.52 Å². The van der Waals surface area contributed by atoms with Crippen molar-refractivity contribution in [2.24, 2.45) is 0 Å². The standard InChI is InChI=1S/C20H26NO2P/c1-4-23-24(22,17-18(2)3)21(15-19-11-7-5-8-12-19)16-20-13-9-6-10-14-20/h5-14,17H,4,15-16H2,1-3H3. The summed E-state index contributed by atoms with van der Waals surface area (Å²) in [6.07, 6.45) is 0. The van der Waals surface area contributed by atoms with E-state index in [9.17, 15) is 4.57 Å². The summed E-state index contributed by atoms with van der Waals surface area (Å²) >= 11 is 0. The Labute approximate surface area is 145 Å². The van der Waals surface area contributed by atoms with Gasteiger partial charge in [0, 0.05) is 18.9 Å². The molecule has 0 spiro atoms. The lowest BCUT2D eigenvalue weighted by Gasteiger charge is -2.29. The second-order valence-corrected chi connectivity index (χ2v) is 8.19. The first kappa shape index (κ1) is 18.7. The smallest absolute Gasteiger partial charge is 0.295 e. The van der Waals surface area contributed by atoms with E-state index in [4.69, 9.17) is 4.52 Å². The molecule has 0 aliphatic carbocycles. The lowest BCUT2D eigenvalue weighted by Crippen LogP contribution is -2.20. The molecule has 1 atom stereocenters. The summed E-state index contributed by atoms with van der Waals surface area (Å²) < 4.78 is 21.3. The average Bonchev–Trinajstić information content (AvgIpc) is 2.56. The molecule has 0 aliphatic heterocycles. The minimum absolute atomic E-state index is 0.418. The second-order valence-electron chi connectivity index (χ2n) is 5.98. The Morgan fingerprint density at radius 3 is 1.79 bits per heavy atom. The molecule has 24 heavy (non-hydrogen) atoms. The van der Waals surface area contributed by atoms with E-state index in [1.165, 1.54) is 0 Å². The van der Waals surface area contributed by atoms with Crippen LogP contribution in [-0.4, -0.2) is 11.3 Å². The van der Waals surface area contributed by atoms with E-state index in [2.05, 4.69) is 24.3 Å². The Morgan fingerprint density at radius 2 is 1.42 bits per heavy atom. The summed E-state index contributed by atoms with van der Waals surface area (Å²) in [4.78, 5) is 0. The topological polar surface area (TPSA) is 29.5 Å². The fourth-order valence-corrected chi connectivity index (χ4v) is 4.70. The Balaban J connectivity index is 2.36. The van der Waals surface area contributed by atoms with Crippen LogP contribution in [0.5, 0.6) is 0 Å². The van der Waals surface area contributed by atoms with Gasteiger partial charge in [0.05, 0.1) is 6.61 Å². The highest BCUT2D eigenvalue weighted by Crippen LogP contribution is 2.54. The molecule has 128 valence electrons. The first-order chi connectivity index (χ1) is 11.5. The molecule has 0 saturated heterocycles. The van der Waals surface area contributed by atoms with Crippen LogP contribution in [0, 0.1) is 0 Å². The summed E-state index contributed by atoms with van der Waals surface area (Å²) in [6.45, 7) is 7.37. The Kier molecular flexibility index (Phi) is 6.99. The van der Waals surface area contributed by atoms with Crippen LogP contribution < -0.4 is 0 Å². The minimum atomic E-state index is -3.05. The van der Waals surface area contributed by atoms with E-state index in [0.29, 0.717) is 19.7 Å². The van der Waals surface area contributed by atoms with Crippen LogP contribution in [0.25, 0.3) is 0 Å². The predicted molar refractivity (Wildman–Crippen MR) is 101 cm³/mol. The molecule has 4 heteroatoms. The summed E-state index contributed by atoms with van der Waals surface area (Å²) in [5.41, 5.74) is 3.24. The molecule has 2 aromatic rings. The van der Waals surface area contributed by atoms with E-state index >= 15 is 0 Å². The number of nitrogens with zero attached hydrogens (tertiary/aromatic N) is 1. The molecule has 0 radical (unpaired) electrons. The van der Waals surface area contributed by atoms with Crippen LogP contribution in [0.2, 0.25) is 0 Å². The summed E-state index contributed by atoms with van der Waals surface area (Å²) in [6, 6.07) is 20.2. The zero-order chi connectivity index (χ0) is 17.4. The van der Waals surface area contributed by atoms with Crippen LogP contribution in [0.15, 0.2) is 72.1 Å². The average molecular weight is 343 g/mol. The van der Waals surface area contributed by atoms with E-state index < -0.39 is 7.52 Å². The Bertz CT molecular complexity index is 653. The third-order valence-corrected chi connectivity index (χ3v) is 6.09. The van der Waals surface area contributed by atoms with Gasteiger partial charge in [-0.1, -0.05) is 66.2 Å². The van der Waals surface area contributed by atoms with Gasteiger partial charge in [-0.05, 0) is 31.9 Å². The number of hydrogen-bond donors (Lipinski definition) is 0. The monoisotopic (exact) mass is 343 g/mol. The molecule has 2 rings (SSSR count). The fraction of sp³-hybridized carbons (Fsp3) is 0.300. The first-order valence-electron chi connectivity index (χ1n) is 8.27. The first-order valence-corrected chi connectivity index (χ1v) is 9.92. The fourth-order valence-electron chi connectivity index (χ4n) is 2.55. The third-order valence-electron chi connectivity index (χ3n) is 3.55. The summed E-state index contributed by atoms with van der Waals surface area (Å²) in [5.74, 6) is 1.78. The highest BCUT2D eigenvalue weighted by molar-refractivity contribution is 7.59. The normalized spacial score (nSPS) is 13.5.